The summed E-state index contributed by atoms with van der Waals surface area (Å²) in [7, 11) is 0. The molecule has 0 heterocycles. The minimum atomic E-state index is -0.901. The van der Waals surface area contributed by atoms with Crippen molar-refractivity contribution in [2.75, 3.05) is 6.54 Å². The molecule has 3 N–H and O–H groups in total. The Balaban J connectivity index is 2.56. The number of hydrogen-bond donors (Lipinski definition) is 3. The van der Waals surface area contributed by atoms with Crippen LogP contribution in [-0.2, 0) is 9.59 Å². The van der Waals surface area contributed by atoms with Gasteiger partial charge in [0.1, 0.15) is 0 Å². The van der Waals surface area contributed by atoms with Crippen LogP contribution in [0.2, 0.25) is 0 Å². The van der Waals surface area contributed by atoms with E-state index in [0.29, 0.717) is 12.8 Å². The molecule has 0 saturated heterocycles. The maximum Gasteiger partial charge on any atom is 0.307 e. The molecule has 4 unspecified atom stereocenters. The number of rotatable bonds is 4. The molecule has 1 fully saturated rings. The first-order valence-electron chi connectivity index (χ1n) is 5.60. The molecule has 1 rings (SSSR count). The third-order valence-electron chi connectivity index (χ3n) is 3.02. The summed E-state index contributed by atoms with van der Waals surface area (Å²) < 4.78 is 0. The zero-order valence-corrected chi connectivity index (χ0v) is 9.64. The van der Waals surface area contributed by atoms with E-state index in [9.17, 15) is 9.59 Å². The number of carbonyl (C=O) groups is 2. The van der Waals surface area contributed by atoms with Gasteiger partial charge in [-0.2, -0.15) is 0 Å². The highest BCUT2D eigenvalue weighted by Crippen LogP contribution is 2.36. The van der Waals surface area contributed by atoms with Crippen molar-refractivity contribution < 1.29 is 19.8 Å². The van der Waals surface area contributed by atoms with Crippen molar-refractivity contribution in [3.05, 3.63) is 0 Å². The summed E-state index contributed by atoms with van der Waals surface area (Å²) in [6.45, 7) is 3.71. The Bertz CT molecular complexity index is 277. The molecule has 4 atom stereocenters. The summed E-state index contributed by atoms with van der Waals surface area (Å²) in [4.78, 5) is 22.7. The second-order valence-corrected chi connectivity index (χ2v) is 4.72. The number of nitrogens with one attached hydrogen (secondary N) is 1. The topological polar surface area (TPSA) is 86.6 Å². The predicted molar refractivity (Wildman–Crippen MR) is 57.7 cm³/mol. The van der Waals surface area contributed by atoms with Gasteiger partial charge < -0.3 is 15.5 Å². The first-order chi connectivity index (χ1) is 7.41. The molecule has 5 nitrogen and oxygen atoms in total. The number of carbonyl (C=O) groups excluding carboxylic acids is 1. The summed E-state index contributed by atoms with van der Waals surface area (Å²) in [6.07, 6.45) is 0.566. The largest absolute Gasteiger partial charge is 0.481 e. The van der Waals surface area contributed by atoms with E-state index in [-0.39, 0.29) is 18.4 Å². The Morgan fingerprint density at radius 3 is 2.44 bits per heavy atom. The lowest BCUT2D eigenvalue weighted by Gasteiger charge is -2.16. The third kappa shape index (κ3) is 3.20. The van der Waals surface area contributed by atoms with Crippen LogP contribution in [0.25, 0.3) is 0 Å². The average Bonchev–Trinajstić information content (AvgIpc) is 2.56. The van der Waals surface area contributed by atoms with Crippen LogP contribution in [0.15, 0.2) is 0 Å². The summed E-state index contributed by atoms with van der Waals surface area (Å²) in [5.74, 6) is -1.92. The van der Waals surface area contributed by atoms with Gasteiger partial charge in [0, 0.05) is 6.54 Å². The molecular formula is C11H19NO4. The molecule has 92 valence electrons. The van der Waals surface area contributed by atoms with E-state index < -0.39 is 23.9 Å². The van der Waals surface area contributed by atoms with E-state index in [2.05, 4.69) is 5.32 Å². The molecule has 1 aliphatic carbocycles. The van der Waals surface area contributed by atoms with E-state index >= 15 is 0 Å². The van der Waals surface area contributed by atoms with Crippen LogP contribution in [0.3, 0.4) is 0 Å². The number of carboxylic acids is 1. The molecule has 0 aromatic heterocycles. The number of carboxylic acid groups (broad SMARTS) is 1. The van der Waals surface area contributed by atoms with Crippen LogP contribution in [-0.4, -0.2) is 34.7 Å². The Morgan fingerprint density at radius 2 is 1.94 bits per heavy atom. The van der Waals surface area contributed by atoms with Gasteiger partial charge in [0.15, 0.2) is 0 Å². The Labute approximate surface area is 94.8 Å². The molecule has 0 aromatic carbocycles. The lowest BCUT2D eigenvalue weighted by molar-refractivity contribution is -0.146. The van der Waals surface area contributed by atoms with Gasteiger partial charge in [0.2, 0.25) is 5.91 Å². The zero-order valence-electron chi connectivity index (χ0n) is 9.64. The molecule has 0 aromatic rings. The van der Waals surface area contributed by atoms with Gasteiger partial charge in [0.05, 0.1) is 17.9 Å². The van der Waals surface area contributed by atoms with Crippen LogP contribution in [0.4, 0.5) is 0 Å². The minimum Gasteiger partial charge on any atom is -0.481 e. The SMILES string of the molecule is CC(O)CNC(=O)C1CC(C)CC1C(=O)O. The Morgan fingerprint density at radius 1 is 1.38 bits per heavy atom. The molecule has 16 heavy (non-hydrogen) atoms. The Kier molecular flexibility index (Phi) is 4.29. The highest BCUT2D eigenvalue weighted by molar-refractivity contribution is 5.85. The lowest BCUT2D eigenvalue weighted by Crippen LogP contribution is -2.38. The van der Waals surface area contributed by atoms with E-state index in [1.165, 1.54) is 0 Å². The Hall–Kier alpha value is -1.10. The minimum absolute atomic E-state index is 0.177. The van der Waals surface area contributed by atoms with Crippen molar-refractivity contribution in [3.8, 4) is 0 Å². The second kappa shape index (κ2) is 5.30. The van der Waals surface area contributed by atoms with Crippen molar-refractivity contribution in [1.82, 2.24) is 5.32 Å². The second-order valence-electron chi connectivity index (χ2n) is 4.72. The van der Waals surface area contributed by atoms with Gasteiger partial charge in [-0.25, -0.2) is 0 Å². The van der Waals surface area contributed by atoms with Gasteiger partial charge in [0.25, 0.3) is 0 Å². The number of aliphatic carboxylic acids is 1. The fraction of sp³-hybridized carbons (Fsp3) is 0.818. The first kappa shape index (κ1) is 13.0. The van der Waals surface area contributed by atoms with Gasteiger partial charge in [-0.1, -0.05) is 6.92 Å². The standard InChI is InChI=1S/C11H19NO4/c1-6-3-8(9(4-6)11(15)16)10(14)12-5-7(2)13/h6-9,13H,3-5H2,1-2H3,(H,12,14)(H,15,16). The molecule has 0 aliphatic heterocycles. The van der Waals surface area contributed by atoms with Crippen molar-refractivity contribution in [1.29, 1.82) is 0 Å². The van der Waals surface area contributed by atoms with Gasteiger partial charge >= 0.3 is 5.97 Å². The maximum absolute atomic E-state index is 11.7. The van der Waals surface area contributed by atoms with Crippen LogP contribution < -0.4 is 5.32 Å². The molecule has 1 aliphatic rings. The lowest BCUT2D eigenvalue weighted by atomic mass is 9.95. The number of aliphatic hydroxyl groups is 1. The van der Waals surface area contributed by atoms with Crippen molar-refractivity contribution >= 4 is 11.9 Å². The van der Waals surface area contributed by atoms with Crippen molar-refractivity contribution in [2.24, 2.45) is 17.8 Å². The maximum atomic E-state index is 11.7. The predicted octanol–water partition coefficient (Wildman–Crippen LogP) is 0.230. The fourth-order valence-electron chi connectivity index (χ4n) is 2.23. The first-order valence-corrected chi connectivity index (χ1v) is 5.60. The van der Waals surface area contributed by atoms with E-state index in [0.717, 1.165) is 0 Å². The average molecular weight is 229 g/mol. The monoisotopic (exact) mass is 229 g/mol. The summed E-state index contributed by atoms with van der Waals surface area (Å²) in [5, 5.41) is 20.6. The van der Waals surface area contributed by atoms with Gasteiger partial charge in [-0.3, -0.25) is 9.59 Å². The fourth-order valence-corrected chi connectivity index (χ4v) is 2.23. The molecule has 1 saturated carbocycles. The normalized spacial score (nSPS) is 31.1. The number of hydrogen-bond acceptors (Lipinski definition) is 3. The number of aliphatic hydroxyl groups excluding tert-OH is 1. The molecule has 1 amide bonds. The number of amides is 1. The van der Waals surface area contributed by atoms with Crippen LogP contribution in [0, 0.1) is 17.8 Å². The molecule has 0 bridgehead atoms. The van der Waals surface area contributed by atoms with Crippen LogP contribution in [0.5, 0.6) is 0 Å². The van der Waals surface area contributed by atoms with Crippen molar-refractivity contribution in [2.45, 2.75) is 32.8 Å². The third-order valence-corrected chi connectivity index (χ3v) is 3.02. The van der Waals surface area contributed by atoms with Gasteiger partial charge in [-0.15, -0.1) is 0 Å². The van der Waals surface area contributed by atoms with Gasteiger partial charge in [-0.05, 0) is 25.7 Å². The van der Waals surface area contributed by atoms with Crippen molar-refractivity contribution in [3.63, 3.8) is 0 Å². The summed E-state index contributed by atoms with van der Waals surface area (Å²) in [5.41, 5.74) is 0. The quantitative estimate of drug-likeness (QED) is 0.644. The molecule has 5 heteroatoms. The van der Waals surface area contributed by atoms with Crippen LogP contribution in [0.1, 0.15) is 26.7 Å². The van der Waals surface area contributed by atoms with Crippen LogP contribution >= 0.6 is 0 Å². The van der Waals surface area contributed by atoms with E-state index in [4.69, 9.17) is 10.2 Å². The summed E-state index contributed by atoms with van der Waals surface area (Å²) >= 11 is 0. The highest BCUT2D eigenvalue weighted by atomic mass is 16.4. The van der Waals surface area contributed by atoms with E-state index in [1.54, 1.807) is 6.92 Å². The van der Waals surface area contributed by atoms with E-state index in [1.807, 2.05) is 6.92 Å². The molecule has 0 radical (unpaired) electrons. The smallest absolute Gasteiger partial charge is 0.307 e. The summed E-state index contributed by atoms with van der Waals surface area (Å²) in [6, 6.07) is 0. The highest BCUT2D eigenvalue weighted by Gasteiger charge is 2.40. The zero-order chi connectivity index (χ0) is 12.3. The molecule has 0 spiro atoms. The molecular weight excluding hydrogens is 210 g/mol.